The maximum Gasteiger partial charge on any atom is 0.322 e. The number of hydrogen-bond donors (Lipinski definition) is 2. The molecule has 0 aliphatic rings. The number of rotatable bonds is 9. The fourth-order valence-corrected chi connectivity index (χ4v) is 3.64. The van der Waals surface area contributed by atoms with Crippen LogP contribution >= 0.6 is 23.2 Å². The van der Waals surface area contributed by atoms with Crippen LogP contribution in [0.15, 0.2) is 42.5 Å². The molecule has 0 bridgehead atoms. The summed E-state index contributed by atoms with van der Waals surface area (Å²) >= 11 is 12.2. The van der Waals surface area contributed by atoms with Crippen molar-refractivity contribution in [2.75, 3.05) is 11.9 Å². The summed E-state index contributed by atoms with van der Waals surface area (Å²) in [5, 5.41) is 6.55. The zero-order valence-electron chi connectivity index (χ0n) is 21.7. The minimum atomic E-state index is -0.717. The lowest BCUT2D eigenvalue weighted by atomic mass is 9.95. The number of carbonyl (C=O) groups is 3. The molecule has 0 saturated heterocycles. The average molecular weight is 537 g/mol. The molecule has 2 rings (SSSR count). The minimum Gasteiger partial charge on any atom is -0.456 e. The highest BCUT2D eigenvalue weighted by Crippen LogP contribution is 2.29. The van der Waals surface area contributed by atoms with Gasteiger partial charge in [-0.05, 0) is 48.7 Å². The van der Waals surface area contributed by atoms with Crippen LogP contribution in [-0.4, -0.2) is 35.4 Å². The molecular formula is C27H35Cl2N3O4. The third-order valence-electron chi connectivity index (χ3n) is 5.71. The molecule has 9 heteroatoms. The lowest BCUT2D eigenvalue weighted by Gasteiger charge is -2.32. The smallest absolute Gasteiger partial charge is 0.322 e. The van der Waals surface area contributed by atoms with E-state index in [1.54, 1.807) is 35.2 Å². The van der Waals surface area contributed by atoms with E-state index in [9.17, 15) is 14.4 Å². The largest absolute Gasteiger partial charge is 0.456 e. The molecule has 0 radical (unpaired) electrons. The van der Waals surface area contributed by atoms with Gasteiger partial charge in [0.2, 0.25) is 5.91 Å². The lowest BCUT2D eigenvalue weighted by Crippen LogP contribution is -2.44. The van der Waals surface area contributed by atoms with E-state index < -0.39 is 17.5 Å². The first-order chi connectivity index (χ1) is 16.8. The van der Waals surface area contributed by atoms with Crippen LogP contribution in [0.5, 0.6) is 0 Å². The number of nitrogens with zero attached hydrogens (tertiary/aromatic N) is 1. The Bertz CT molecular complexity index is 1070. The number of urea groups is 1. The normalized spacial score (nSPS) is 12.9. The van der Waals surface area contributed by atoms with Crippen LogP contribution in [0, 0.1) is 5.41 Å². The van der Waals surface area contributed by atoms with E-state index in [1.807, 2.05) is 46.8 Å². The number of benzene rings is 2. The number of nitrogens with one attached hydrogen (secondary N) is 2. The number of ether oxygens (including phenoxy) is 1. The van der Waals surface area contributed by atoms with E-state index >= 15 is 0 Å². The van der Waals surface area contributed by atoms with Crippen molar-refractivity contribution in [2.45, 2.75) is 66.7 Å². The van der Waals surface area contributed by atoms with Crippen molar-refractivity contribution in [3.8, 4) is 0 Å². The zero-order chi connectivity index (χ0) is 27.0. The molecule has 0 aliphatic heterocycles. The SMILES string of the molecule is CCC(C)N(C[C@@H](OC(C)=O)c1ccc(Cl)c(Cl)c1)C(=O)Nc1ccc(CNC(=O)C(C)(C)C)cc1. The Morgan fingerprint density at radius 1 is 1.03 bits per heavy atom. The summed E-state index contributed by atoms with van der Waals surface area (Å²) in [5.41, 5.74) is 1.70. The molecule has 0 heterocycles. The van der Waals surface area contributed by atoms with E-state index in [4.69, 9.17) is 27.9 Å². The molecular weight excluding hydrogens is 501 g/mol. The molecule has 36 heavy (non-hydrogen) atoms. The Labute approximate surface area is 223 Å². The van der Waals surface area contributed by atoms with Gasteiger partial charge >= 0.3 is 12.0 Å². The van der Waals surface area contributed by atoms with Crippen molar-refractivity contribution in [3.05, 3.63) is 63.6 Å². The molecule has 0 spiro atoms. The van der Waals surface area contributed by atoms with Gasteiger partial charge in [0.15, 0.2) is 0 Å². The third kappa shape index (κ3) is 8.71. The first-order valence-corrected chi connectivity index (χ1v) is 12.6. The number of amides is 3. The Hall–Kier alpha value is -2.77. The van der Waals surface area contributed by atoms with E-state index in [0.29, 0.717) is 34.3 Å². The summed E-state index contributed by atoms with van der Waals surface area (Å²) in [4.78, 5) is 38.8. The predicted octanol–water partition coefficient (Wildman–Crippen LogP) is 6.59. The Morgan fingerprint density at radius 2 is 1.67 bits per heavy atom. The molecule has 2 N–H and O–H groups in total. The summed E-state index contributed by atoms with van der Waals surface area (Å²) in [6.45, 7) is 11.3. The van der Waals surface area contributed by atoms with E-state index in [1.165, 1.54) is 6.92 Å². The first kappa shape index (κ1) is 29.5. The number of carbonyl (C=O) groups excluding carboxylic acids is 3. The number of halogens is 2. The quantitative estimate of drug-likeness (QED) is 0.354. The van der Waals surface area contributed by atoms with Gasteiger partial charge in [0, 0.05) is 30.6 Å². The van der Waals surface area contributed by atoms with Crippen LogP contribution in [0.2, 0.25) is 10.0 Å². The highest BCUT2D eigenvalue weighted by molar-refractivity contribution is 6.42. The molecule has 0 aromatic heterocycles. The fraction of sp³-hybridized carbons (Fsp3) is 0.444. The standard InChI is InChI=1S/C27H35Cl2N3O4/c1-7-17(2)32(16-24(36-18(3)33)20-10-13-22(28)23(29)14-20)26(35)31-21-11-8-19(9-12-21)15-30-25(34)27(4,5)6/h8-14,17,24H,7,15-16H2,1-6H3,(H,30,34)(H,31,35)/t17?,24-/m1/s1. The maximum atomic E-state index is 13.3. The fourth-order valence-electron chi connectivity index (χ4n) is 3.33. The number of hydrogen-bond acceptors (Lipinski definition) is 4. The second-order valence-corrected chi connectivity index (χ2v) is 10.6. The predicted molar refractivity (Wildman–Crippen MR) is 144 cm³/mol. The van der Waals surface area contributed by atoms with Crippen molar-refractivity contribution in [2.24, 2.45) is 5.41 Å². The molecule has 0 fully saturated rings. The molecule has 2 atom stereocenters. The number of esters is 1. The summed E-state index contributed by atoms with van der Waals surface area (Å²) < 4.78 is 5.55. The lowest BCUT2D eigenvalue weighted by molar-refractivity contribution is -0.147. The molecule has 1 unspecified atom stereocenters. The second kappa shape index (κ2) is 13.0. The van der Waals surface area contributed by atoms with E-state index in [-0.39, 0.29) is 24.5 Å². The summed E-state index contributed by atoms with van der Waals surface area (Å²) in [6, 6.07) is 11.8. The molecule has 196 valence electrons. The van der Waals surface area contributed by atoms with Gasteiger partial charge in [0.25, 0.3) is 0 Å². The summed E-state index contributed by atoms with van der Waals surface area (Å²) in [6.07, 6.45) is -0.0145. The molecule has 0 aliphatic carbocycles. The first-order valence-electron chi connectivity index (χ1n) is 11.9. The molecule has 7 nitrogen and oxygen atoms in total. The number of anilines is 1. The van der Waals surface area contributed by atoms with Gasteiger partial charge in [-0.25, -0.2) is 4.79 Å². The van der Waals surface area contributed by atoms with Gasteiger partial charge in [0.1, 0.15) is 6.10 Å². The van der Waals surface area contributed by atoms with Crippen molar-refractivity contribution in [1.82, 2.24) is 10.2 Å². The molecule has 3 amide bonds. The van der Waals surface area contributed by atoms with Crippen molar-refractivity contribution >= 4 is 46.8 Å². The van der Waals surface area contributed by atoms with E-state index in [0.717, 1.165) is 5.56 Å². The van der Waals surface area contributed by atoms with Crippen LogP contribution in [0.25, 0.3) is 0 Å². The van der Waals surface area contributed by atoms with Crippen molar-refractivity contribution in [3.63, 3.8) is 0 Å². The molecule has 0 saturated carbocycles. The zero-order valence-corrected chi connectivity index (χ0v) is 23.2. The van der Waals surface area contributed by atoms with Gasteiger partial charge in [-0.3, -0.25) is 9.59 Å². The van der Waals surface area contributed by atoms with Gasteiger partial charge in [-0.2, -0.15) is 0 Å². The van der Waals surface area contributed by atoms with Crippen molar-refractivity contribution in [1.29, 1.82) is 0 Å². The van der Waals surface area contributed by atoms with E-state index in [2.05, 4.69) is 10.6 Å². The van der Waals surface area contributed by atoms with Gasteiger partial charge in [-0.15, -0.1) is 0 Å². The summed E-state index contributed by atoms with van der Waals surface area (Å²) in [7, 11) is 0. The van der Waals surface area contributed by atoms with Crippen LogP contribution < -0.4 is 10.6 Å². The van der Waals surface area contributed by atoms with Crippen LogP contribution in [0.1, 0.15) is 65.2 Å². The topological polar surface area (TPSA) is 87.7 Å². The summed E-state index contributed by atoms with van der Waals surface area (Å²) in [5.74, 6) is -0.502. The minimum absolute atomic E-state index is 0.0339. The highest BCUT2D eigenvalue weighted by atomic mass is 35.5. The Kier molecular flexibility index (Phi) is 10.6. The molecule has 2 aromatic rings. The Balaban J connectivity index is 2.15. The monoisotopic (exact) mass is 535 g/mol. The van der Waals surface area contributed by atoms with Crippen LogP contribution in [0.4, 0.5) is 10.5 Å². The third-order valence-corrected chi connectivity index (χ3v) is 6.45. The molecule has 2 aromatic carbocycles. The van der Waals surface area contributed by atoms with Gasteiger partial charge < -0.3 is 20.3 Å². The Morgan fingerprint density at radius 3 is 2.19 bits per heavy atom. The maximum absolute atomic E-state index is 13.3. The average Bonchev–Trinajstić information content (AvgIpc) is 2.81. The van der Waals surface area contributed by atoms with Gasteiger partial charge in [-0.1, -0.05) is 69.1 Å². The highest BCUT2D eigenvalue weighted by Gasteiger charge is 2.26. The second-order valence-electron chi connectivity index (χ2n) is 9.74. The van der Waals surface area contributed by atoms with Crippen molar-refractivity contribution < 1.29 is 19.1 Å². The van der Waals surface area contributed by atoms with Gasteiger partial charge in [0.05, 0.1) is 16.6 Å². The van der Waals surface area contributed by atoms with Crippen LogP contribution in [0.3, 0.4) is 0 Å². The van der Waals surface area contributed by atoms with Crippen LogP contribution in [-0.2, 0) is 20.9 Å².